The highest BCUT2D eigenvalue weighted by molar-refractivity contribution is 8.00. The number of esters is 1. The van der Waals surface area contributed by atoms with Crippen molar-refractivity contribution in [3.63, 3.8) is 0 Å². The van der Waals surface area contributed by atoms with Crippen LogP contribution in [0.25, 0.3) is 0 Å². The minimum atomic E-state index is -0.454. The van der Waals surface area contributed by atoms with Gasteiger partial charge >= 0.3 is 5.97 Å². The van der Waals surface area contributed by atoms with Crippen LogP contribution in [0.1, 0.15) is 49.5 Å². The Kier molecular flexibility index (Phi) is 6.42. The Morgan fingerprint density at radius 3 is 2.46 bits per heavy atom. The van der Waals surface area contributed by atoms with Gasteiger partial charge in [0.25, 0.3) is 11.1 Å². The fraction of sp³-hybridized carbons (Fsp3) is 0.444. The normalized spacial score (nSPS) is 12.5. The molecule has 1 heterocycles. The third-order valence-corrected chi connectivity index (χ3v) is 4.58. The lowest BCUT2D eigenvalue weighted by molar-refractivity contribution is -0.139. The molecule has 1 N–H and O–H groups in total. The SMILES string of the molecule is COC(=O)C(C)Sc1nnc(CNC(=O)c2ccc(C(C)(C)C)cc2)o1. The standard InChI is InChI=1S/C18H23N3O4S/c1-11(16(23)24-5)26-17-21-20-14(25-17)10-19-15(22)12-6-8-13(9-7-12)18(2,3)4/h6-9,11H,10H2,1-5H3,(H,19,22). The van der Waals surface area contributed by atoms with E-state index in [0.717, 1.165) is 17.3 Å². The molecule has 1 aromatic carbocycles. The van der Waals surface area contributed by atoms with Crippen LogP contribution in [-0.2, 0) is 21.5 Å². The number of nitrogens with one attached hydrogen (secondary N) is 1. The molecule has 26 heavy (non-hydrogen) atoms. The Morgan fingerprint density at radius 2 is 1.88 bits per heavy atom. The lowest BCUT2D eigenvalue weighted by Crippen LogP contribution is -2.23. The molecule has 0 aliphatic carbocycles. The molecule has 140 valence electrons. The van der Waals surface area contributed by atoms with Gasteiger partial charge in [-0.2, -0.15) is 0 Å². The number of hydrogen-bond acceptors (Lipinski definition) is 7. The Labute approximate surface area is 156 Å². The van der Waals surface area contributed by atoms with E-state index in [9.17, 15) is 9.59 Å². The van der Waals surface area contributed by atoms with Crippen molar-refractivity contribution in [2.45, 2.75) is 50.1 Å². The van der Waals surface area contributed by atoms with Gasteiger partial charge in [0, 0.05) is 5.56 Å². The van der Waals surface area contributed by atoms with Gasteiger partial charge in [-0.3, -0.25) is 9.59 Å². The van der Waals surface area contributed by atoms with Crippen LogP contribution >= 0.6 is 11.8 Å². The number of carbonyl (C=O) groups is 2. The number of hydrogen-bond donors (Lipinski definition) is 1. The Bertz CT molecular complexity index is 765. The van der Waals surface area contributed by atoms with Gasteiger partial charge in [0.1, 0.15) is 5.25 Å². The molecule has 0 radical (unpaired) electrons. The molecule has 0 spiro atoms. The molecule has 0 bridgehead atoms. The second-order valence-electron chi connectivity index (χ2n) is 6.75. The van der Waals surface area contributed by atoms with Gasteiger partial charge in [-0.1, -0.05) is 44.7 Å². The highest BCUT2D eigenvalue weighted by atomic mass is 32.2. The third-order valence-electron chi connectivity index (χ3n) is 3.67. The zero-order chi connectivity index (χ0) is 19.3. The van der Waals surface area contributed by atoms with E-state index in [4.69, 9.17) is 4.42 Å². The van der Waals surface area contributed by atoms with Gasteiger partial charge in [-0.05, 0) is 30.0 Å². The van der Waals surface area contributed by atoms with Gasteiger partial charge < -0.3 is 14.5 Å². The molecule has 0 aliphatic heterocycles. The number of nitrogens with zero attached hydrogens (tertiary/aromatic N) is 2. The highest BCUT2D eigenvalue weighted by Gasteiger charge is 2.19. The molecule has 1 unspecified atom stereocenters. The number of benzene rings is 1. The lowest BCUT2D eigenvalue weighted by atomic mass is 9.87. The van der Waals surface area contributed by atoms with E-state index >= 15 is 0 Å². The topological polar surface area (TPSA) is 94.3 Å². The lowest BCUT2D eigenvalue weighted by Gasteiger charge is -2.18. The molecule has 7 nitrogen and oxygen atoms in total. The van der Waals surface area contributed by atoms with Gasteiger partial charge in [-0.25, -0.2) is 0 Å². The van der Waals surface area contributed by atoms with Gasteiger partial charge in [0.15, 0.2) is 0 Å². The monoisotopic (exact) mass is 377 g/mol. The summed E-state index contributed by atoms with van der Waals surface area (Å²) in [4.78, 5) is 23.6. The molecule has 0 aliphatic rings. The van der Waals surface area contributed by atoms with Crippen LogP contribution in [0.3, 0.4) is 0 Å². The largest absolute Gasteiger partial charge is 0.468 e. The predicted molar refractivity (Wildman–Crippen MR) is 97.9 cm³/mol. The van der Waals surface area contributed by atoms with Crippen molar-refractivity contribution in [1.82, 2.24) is 15.5 Å². The molecular formula is C18H23N3O4S. The maximum Gasteiger partial charge on any atom is 0.319 e. The third kappa shape index (κ3) is 5.32. The fourth-order valence-corrected chi connectivity index (χ4v) is 2.83. The van der Waals surface area contributed by atoms with Gasteiger partial charge in [0.05, 0.1) is 13.7 Å². The van der Waals surface area contributed by atoms with Crippen molar-refractivity contribution in [2.24, 2.45) is 0 Å². The summed E-state index contributed by atoms with van der Waals surface area (Å²) in [6, 6.07) is 7.49. The smallest absolute Gasteiger partial charge is 0.319 e. The van der Waals surface area contributed by atoms with Crippen LogP contribution in [0.2, 0.25) is 0 Å². The average molecular weight is 377 g/mol. The number of carbonyl (C=O) groups excluding carboxylic acids is 2. The first-order valence-corrected chi connectivity index (χ1v) is 9.04. The first kappa shape index (κ1) is 20.0. The van der Waals surface area contributed by atoms with E-state index in [2.05, 4.69) is 41.0 Å². The number of thioether (sulfide) groups is 1. The summed E-state index contributed by atoms with van der Waals surface area (Å²) in [5.41, 5.74) is 1.76. The zero-order valence-electron chi connectivity index (χ0n) is 15.5. The summed E-state index contributed by atoms with van der Waals surface area (Å²) in [7, 11) is 1.32. The van der Waals surface area contributed by atoms with Crippen LogP contribution in [0.5, 0.6) is 0 Å². The molecule has 2 aromatic rings. The van der Waals surface area contributed by atoms with Crippen molar-refractivity contribution in [2.75, 3.05) is 7.11 Å². The van der Waals surface area contributed by atoms with Crippen LogP contribution < -0.4 is 5.32 Å². The molecule has 8 heteroatoms. The van der Waals surface area contributed by atoms with E-state index in [0.29, 0.717) is 5.56 Å². The predicted octanol–water partition coefficient (Wildman–Crippen LogP) is 2.95. The Balaban J connectivity index is 1.90. The average Bonchev–Trinajstić information content (AvgIpc) is 3.05. The summed E-state index contributed by atoms with van der Waals surface area (Å²) < 4.78 is 10.1. The van der Waals surface area contributed by atoms with E-state index in [1.54, 1.807) is 19.1 Å². The maximum absolute atomic E-state index is 12.2. The summed E-state index contributed by atoms with van der Waals surface area (Å²) in [5, 5.41) is 10.2. The van der Waals surface area contributed by atoms with E-state index in [1.807, 2.05) is 12.1 Å². The number of rotatable bonds is 6. The summed E-state index contributed by atoms with van der Waals surface area (Å²) in [6.45, 7) is 8.15. The van der Waals surface area contributed by atoms with Crippen molar-refractivity contribution in [1.29, 1.82) is 0 Å². The van der Waals surface area contributed by atoms with E-state index in [-0.39, 0.29) is 34.9 Å². The molecule has 2 rings (SSSR count). The first-order valence-electron chi connectivity index (χ1n) is 8.16. The van der Waals surface area contributed by atoms with Crippen LogP contribution in [0.4, 0.5) is 0 Å². The summed E-state index contributed by atoms with van der Waals surface area (Å²) in [6.07, 6.45) is 0. The molecule has 0 fully saturated rings. The molecule has 1 aromatic heterocycles. The van der Waals surface area contributed by atoms with E-state index < -0.39 is 5.25 Å². The van der Waals surface area contributed by atoms with Crippen molar-refractivity contribution >= 4 is 23.6 Å². The van der Waals surface area contributed by atoms with Crippen molar-refractivity contribution < 1.29 is 18.7 Å². The first-order chi connectivity index (χ1) is 12.2. The molecular weight excluding hydrogens is 354 g/mol. The van der Waals surface area contributed by atoms with E-state index in [1.165, 1.54) is 7.11 Å². The van der Waals surface area contributed by atoms with Crippen LogP contribution in [0, 0.1) is 0 Å². The second-order valence-corrected chi connectivity index (χ2v) is 8.05. The number of aromatic nitrogens is 2. The van der Waals surface area contributed by atoms with Gasteiger partial charge in [-0.15, -0.1) is 10.2 Å². The van der Waals surface area contributed by atoms with Crippen LogP contribution in [0.15, 0.2) is 33.9 Å². The fourth-order valence-electron chi connectivity index (χ4n) is 2.10. The second kappa shape index (κ2) is 8.35. The van der Waals surface area contributed by atoms with Crippen molar-refractivity contribution in [3.05, 3.63) is 41.3 Å². The maximum atomic E-state index is 12.2. The number of amides is 1. The minimum Gasteiger partial charge on any atom is -0.468 e. The quantitative estimate of drug-likeness (QED) is 0.611. The Hall–Kier alpha value is -2.35. The molecule has 0 saturated carbocycles. The summed E-state index contributed by atoms with van der Waals surface area (Å²) >= 11 is 1.10. The number of ether oxygens (including phenoxy) is 1. The Morgan fingerprint density at radius 1 is 1.23 bits per heavy atom. The number of methoxy groups -OCH3 is 1. The highest BCUT2D eigenvalue weighted by Crippen LogP contribution is 2.23. The van der Waals surface area contributed by atoms with Crippen molar-refractivity contribution in [3.8, 4) is 0 Å². The van der Waals surface area contributed by atoms with Crippen LogP contribution in [-0.4, -0.2) is 34.4 Å². The van der Waals surface area contributed by atoms with Gasteiger partial charge in [0.2, 0.25) is 5.89 Å². The minimum absolute atomic E-state index is 0.0359. The summed E-state index contributed by atoms with van der Waals surface area (Å²) in [5.74, 6) is -0.327. The zero-order valence-corrected chi connectivity index (χ0v) is 16.3. The molecule has 1 atom stereocenters. The molecule has 0 saturated heterocycles. The molecule has 1 amide bonds.